The molecule has 0 unspecified atom stereocenters. The number of hydrogen-bond acceptors (Lipinski definition) is 4. The molecule has 0 aliphatic carbocycles. The predicted molar refractivity (Wildman–Crippen MR) is 151 cm³/mol. The van der Waals surface area contributed by atoms with Crippen molar-refractivity contribution in [2.75, 3.05) is 0 Å². The van der Waals surface area contributed by atoms with Crippen LogP contribution in [0.3, 0.4) is 0 Å². The van der Waals surface area contributed by atoms with Gasteiger partial charge in [0, 0.05) is 94.7 Å². The minimum absolute atomic E-state index is 0. The van der Waals surface area contributed by atoms with E-state index in [4.69, 9.17) is 0 Å². The van der Waals surface area contributed by atoms with Crippen molar-refractivity contribution in [3.63, 3.8) is 0 Å². The van der Waals surface area contributed by atoms with E-state index in [9.17, 15) is 0 Å². The molecule has 8 heteroatoms. The molecular formula is C21H27I3N4Y-2. The van der Waals surface area contributed by atoms with Crippen molar-refractivity contribution >= 4 is 83.3 Å². The van der Waals surface area contributed by atoms with Crippen molar-refractivity contribution in [2.45, 2.75) is 20.3 Å². The van der Waals surface area contributed by atoms with E-state index >= 15 is 0 Å². The Kier molecular flexibility index (Phi) is 31.3. The molecule has 0 saturated heterocycles. The Hall–Kier alpha value is 0.414. The van der Waals surface area contributed by atoms with Crippen LogP contribution in [-0.2, 0) is 32.7 Å². The molecule has 2 aromatic carbocycles. The maximum absolute atomic E-state index is 4.12. The van der Waals surface area contributed by atoms with Gasteiger partial charge in [-0.3, -0.25) is 19.9 Å². The molecule has 29 heavy (non-hydrogen) atoms. The Labute approximate surface area is 241 Å². The van der Waals surface area contributed by atoms with Crippen LogP contribution in [0, 0.1) is 14.9 Å². The fraction of sp³-hybridized carbons (Fsp3) is 0.143. The standard InChI is InChI=1S/2C8H6N2.C3H8.2CH3.I2.HI.Y/c2*1-2-4-8-7(3-1)9-5-6-10-8;1-3-2;;;1-2;;/h2*1-6H;3H2,1-2H3;2*1H3;;1H;/q;;;2*-1;;;. The van der Waals surface area contributed by atoms with Crippen molar-refractivity contribution in [1.29, 1.82) is 0 Å². The topological polar surface area (TPSA) is 51.6 Å². The SMILES string of the molecule is CCC.I.II.[CH3-].[CH3-].[Y].c1ccc2nccnc2c1.c1ccc2nccnc2c1. The molecule has 0 N–H and O–H groups in total. The number of para-hydroxylation sites is 4. The third-order valence-electron chi connectivity index (χ3n) is 2.75. The second-order valence-electron chi connectivity index (χ2n) is 4.80. The monoisotopic (exact) mass is 805 g/mol. The minimum atomic E-state index is 0. The average Bonchev–Trinajstić information content (AvgIpc) is 2.71. The van der Waals surface area contributed by atoms with Crippen LogP contribution >= 0.6 is 61.2 Å². The molecule has 0 aliphatic heterocycles. The Bertz CT molecular complexity index is 664. The molecule has 0 spiro atoms. The summed E-state index contributed by atoms with van der Waals surface area (Å²) in [5.41, 5.74) is 3.80. The number of hydrogen-bond donors (Lipinski definition) is 0. The maximum atomic E-state index is 4.12. The molecule has 1 radical (unpaired) electrons. The summed E-state index contributed by atoms with van der Waals surface area (Å²) >= 11 is 4.24. The quantitative estimate of drug-likeness (QED) is 0.134. The van der Waals surface area contributed by atoms with Crippen LogP contribution in [0.25, 0.3) is 22.1 Å². The molecule has 0 fully saturated rings. The Morgan fingerprint density at radius 3 is 0.931 bits per heavy atom. The van der Waals surface area contributed by atoms with Crippen LogP contribution in [0.2, 0.25) is 0 Å². The maximum Gasteiger partial charge on any atom is 0.0886 e. The van der Waals surface area contributed by atoms with Crippen LogP contribution in [0.1, 0.15) is 20.3 Å². The van der Waals surface area contributed by atoms with E-state index in [1.807, 2.05) is 48.5 Å². The van der Waals surface area contributed by atoms with E-state index in [1.54, 1.807) is 24.8 Å². The summed E-state index contributed by atoms with van der Waals surface area (Å²) < 4.78 is 0. The van der Waals surface area contributed by atoms with Gasteiger partial charge >= 0.3 is 0 Å². The first kappa shape index (κ1) is 36.8. The molecule has 0 atom stereocenters. The number of rotatable bonds is 0. The molecule has 0 saturated carbocycles. The molecule has 2 heterocycles. The predicted octanol–water partition coefficient (Wildman–Crippen LogP) is 7.96. The summed E-state index contributed by atoms with van der Waals surface area (Å²) in [6.07, 6.45) is 8.04. The normalized spacial score (nSPS) is 7.72. The first-order chi connectivity index (χ1) is 12.3. The van der Waals surface area contributed by atoms with Crippen LogP contribution in [0.4, 0.5) is 0 Å². The third kappa shape index (κ3) is 15.0. The van der Waals surface area contributed by atoms with Gasteiger partial charge in [0.2, 0.25) is 0 Å². The molecule has 2 aromatic heterocycles. The minimum Gasteiger partial charge on any atom is -0.358 e. The van der Waals surface area contributed by atoms with Gasteiger partial charge in [-0.1, -0.05) is 44.5 Å². The number of benzene rings is 2. The van der Waals surface area contributed by atoms with Gasteiger partial charge in [-0.25, -0.2) is 0 Å². The molecular weight excluding hydrogens is 778 g/mol. The molecule has 4 aromatic rings. The van der Waals surface area contributed by atoms with Crippen LogP contribution in [0.15, 0.2) is 73.3 Å². The third-order valence-corrected chi connectivity index (χ3v) is 2.75. The van der Waals surface area contributed by atoms with Gasteiger partial charge in [-0.05, 0) is 24.3 Å². The van der Waals surface area contributed by atoms with Crippen molar-refractivity contribution in [3.05, 3.63) is 88.2 Å². The van der Waals surface area contributed by atoms with E-state index in [0.29, 0.717) is 0 Å². The number of nitrogens with zero attached hydrogens (tertiary/aromatic N) is 4. The smallest absolute Gasteiger partial charge is 0.0886 e. The van der Waals surface area contributed by atoms with E-state index < -0.39 is 0 Å². The van der Waals surface area contributed by atoms with E-state index in [0.717, 1.165) is 22.1 Å². The Morgan fingerprint density at radius 1 is 0.586 bits per heavy atom. The average molecular weight is 805 g/mol. The summed E-state index contributed by atoms with van der Waals surface area (Å²) in [5.74, 6) is 0. The largest absolute Gasteiger partial charge is 0.358 e. The first-order valence-corrected chi connectivity index (χ1v) is 14.1. The summed E-state index contributed by atoms with van der Waals surface area (Å²) in [5, 5.41) is 0. The van der Waals surface area contributed by atoms with Crippen molar-refractivity contribution in [3.8, 4) is 0 Å². The van der Waals surface area contributed by atoms with Crippen LogP contribution < -0.4 is 0 Å². The van der Waals surface area contributed by atoms with Crippen LogP contribution in [0.5, 0.6) is 0 Å². The molecule has 0 amide bonds. The molecule has 157 valence electrons. The second kappa shape index (κ2) is 24.7. The molecule has 4 rings (SSSR count). The first-order valence-electron chi connectivity index (χ1n) is 7.81. The summed E-state index contributed by atoms with van der Waals surface area (Å²) in [4.78, 5) is 16.5. The second-order valence-corrected chi connectivity index (χ2v) is 4.80. The fourth-order valence-corrected chi connectivity index (χ4v) is 1.82. The van der Waals surface area contributed by atoms with E-state index in [2.05, 4.69) is 71.0 Å². The Morgan fingerprint density at radius 2 is 0.759 bits per heavy atom. The van der Waals surface area contributed by atoms with Gasteiger partial charge in [-0.15, -0.1) is 24.0 Å². The Balaban J connectivity index is -0.000000159. The van der Waals surface area contributed by atoms with E-state index in [-0.39, 0.29) is 71.5 Å². The van der Waals surface area contributed by atoms with Gasteiger partial charge in [0.15, 0.2) is 0 Å². The van der Waals surface area contributed by atoms with Gasteiger partial charge < -0.3 is 14.9 Å². The van der Waals surface area contributed by atoms with Crippen LogP contribution in [-0.4, -0.2) is 19.9 Å². The van der Waals surface area contributed by atoms with Gasteiger partial charge in [-0.2, -0.15) is 0 Å². The molecule has 4 nitrogen and oxygen atoms in total. The summed E-state index contributed by atoms with van der Waals surface area (Å²) in [7, 11) is 0. The van der Waals surface area contributed by atoms with Gasteiger partial charge in [0.1, 0.15) is 0 Å². The van der Waals surface area contributed by atoms with Gasteiger partial charge in [0.25, 0.3) is 0 Å². The molecule has 0 bridgehead atoms. The van der Waals surface area contributed by atoms with E-state index in [1.165, 1.54) is 6.42 Å². The number of halogens is 3. The fourth-order valence-electron chi connectivity index (χ4n) is 1.82. The van der Waals surface area contributed by atoms with Crippen molar-refractivity contribution in [2.24, 2.45) is 0 Å². The zero-order valence-electron chi connectivity index (χ0n) is 17.2. The summed E-state index contributed by atoms with van der Waals surface area (Å²) in [6.45, 7) is 4.25. The zero-order valence-corrected chi connectivity index (χ0v) is 26.6. The molecule has 0 aliphatic rings. The van der Waals surface area contributed by atoms with Gasteiger partial charge in [0.05, 0.1) is 22.1 Å². The van der Waals surface area contributed by atoms with Crippen molar-refractivity contribution < 1.29 is 32.7 Å². The van der Waals surface area contributed by atoms with Crippen molar-refractivity contribution in [1.82, 2.24) is 19.9 Å². The number of fused-ring (bicyclic) bond motifs is 2. The number of aromatic nitrogens is 4. The summed E-state index contributed by atoms with van der Waals surface area (Å²) in [6, 6.07) is 15.6. The zero-order chi connectivity index (χ0) is 18.3.